The van der Waals surface area contributed by atoms with Crippen molar-refractivity contribution in [3.05, 3.63) is 48.4 Å². The van der Waals surface area contributed by atoms with Gasteiger partial charge in [-0.15, -0.1) is 0 Å². The summed E-state index contributed by atoms with van der Waals surface area (Å²) in [7, 11) is 0. The lowest BCUT2D eigenvalue weighted by Crippen LogP contribution is -2.53. The number of carbonyl (C=O) groups excluding carboxylic acids is 2. The molecule has 1 saturated heterocycles. The van der Waals surface area contributed by atoms with E-state index < -0.39 is 6.10 Å². The van der Waals surface area contributed by atoms with Gasteiger partial charge in [0.25, 0.3) is 11.8 Å². The fourth-order valence-electron chi connectivity index (χ4n) is 2.72. The van der Waals surface area contributed by atoms with Gasteiger partial charge in [0.05, 0.1) is 6.26 Å². The quantitative estimate of drug-likeness (QED) is 0.913. The van der Waals surface area contributed by atoms with Gasteiger partial charge in [0, 0.05) is 26.2 Å². The van der Waals surface area contributed by atoms with Crippen LogP contribution in [0.5, 0.6) is 11.5 Å². The van der Waals surface area contributed by atoms with Gasteiger partial charge in [0.2, 0.25) is 0 Å². The molecule has 25 heavy (non-hydrogen) atoms. The molecule has 1 aromatic heterocycles. The third-order valence-corrected chi connectivity index (χ3v) is 4.11. The molecule has 2 aromatic rings. The number of phenolic OH excluding ortho intramolecular Hbond substituents is 1. The zero-order valence-corrected chi connectivity index (χ0v) is 13.9. The van der Waals surface area contributed by atoms with Gasteiger partial charge in [0.1, 0.15) is 11.5 Å². The molecule has 1 aliphatic rings. The number of ether oxygens (including phenoxy) is 1. The maximum absolute atomic E-state index is 12.5. The summed E-state index contributed by atoms with van der Waals surface area (Å²) in [4.78, 5) is 28.1. The molecule has 0 bridgehead atoms. The van der Waals surface area contributed by atoms with E-state index in [1.54, 1.807) is 41.0 Å². The lowest BCUT2D eigenvalue weighted by molar-refractivity contribution is -0.139. The van der Waals surface area contributed by atoms with Crippen molar-refractivity contribution in [2.24, 2.45) is 0 Å². The third-order valence-electron chi connectivity index (χ3n) is 4.11. The van der Waals surface area contributed by atoms with Crippen molar-refractivity contribution < 1.29 is 23.8 Å². The van der Waals surface area contributed by atoms with Crippen molar-refractivity contribution in [1.82, 2.24) is 9.80 Å². The number of furan rings is 1. The Balaban J connectivity index is 1.52. The van der Waals surface area contributed by atoms with Gasteiger partial charge in [-0.05, 0) is 43.3 Å². The van der Waals surface area contributed by atoms with Crippen molar-refractivity contribution >= 4 is 11.8 Å². The van der Waals surface area contributed by atoms with Crippen LogP contribution in [0.3, 0.4) is 0 Å². The zero-order chi connectivity index (χ0) is 17.8. The zero-order valence-electron chi connectivity index (χ0n) is 13.9. The molecule has 1 atom stereocenters. The SMILES string of the molecule is CC(Oc1ccc(O)cc1)C(=O)N1CCN(C(=O)c2ccco2)CC1. The summed E-state index contributed by atoms with van der Waals surface area (Å²) >= 11 is 0. The average molecular weight is 344 g/mol. The monoisotopic (exact) mass is 344 g/mol. The Morgan fingerprint density at radius 3 is 2.32 bits per heavy atom. The predicted octanol–water partition coefficient (Wildman–Crippen LogP) is 1.74. The van der Waals surface area contributed by atoms with Gasteiger partial charge in [-0.2, -0.15) is 0 Å². The summed E-state index contributed by atoms with van der Waals surface area (Å²) in [5.41, 5.74) is 0. The summed E-state index contributed by atoms with van der Waals surface area (Å²) in [6.45, 7) is 3.51. The lowest BCUT2D eigenvalue weighted by Gasteiger charge is -2.35. The number of nitrogens with zero attached hydrogens (tertiary/aromatic N) is 2. The van der Waals surface area contributed by atoms with Crippen LogP contribution in [0.25, 0.3) is 0 Å². The number of rotatable bonds is 4. The first-order valence-electron chi connectivity index (χ1n) is 8.12. The number of carbonyl (C=O) groups is 2. The summed E-state index contributed by atoms with van der Waals surface area (Å²) in [6.07, 6.45) is 0.826. The van der Waals surface area contributed by atoms with Crippen molar-refractivity contribution in [1.29, 1.82) is 0 Å². The number of hydrogen-bond acceptors (Lipinski definition) is 5. The third kappa shape index (κ3) is 3.93. The number of phenols is 1. The van der Waals surface area contributed by atoms with Crippen molar-refractivity contribution in [3.63, 3.8) is 0 Å². The summed E-state index contributed by atoms with van der Waals surface area (Å²) in [5, 5.41) is 9.27. The molecule has 2 amide bonds. The van der Waals surface area contributed by atoms with Crippen LogP contribution in [0.15, 0.2) is 47.1 Å². The highest BCUT2D eigenvalue weighted by Gasteiger charge is 2.29. The van der Waals surface area contributed by atoms with Crippen LogP contribution in [0.4, 0.5) is 0 Å². The van der Waals surface area contributed by atoms with Crippen LogP contribution >= 0.6 is 0 Å². The van der Waals surface area contributed by atoms with Crippen LogP contribution in [0, 0.1) is 0 Å². The van der Waals surface area contributed by atoms with E-state index in [1.807, 2.05) is 0 Å². The van der Waals surface area contributed by atoms with Crippen LogP contribution in [-0.2, 0) is 4.79 Å². The summed E-state index contributed by atoms with van der Waals surface area (Å²) in [5.74, 6) is 0.682. The highest BCUT2D eigenvalue weighted by molar-refractivity contribution is 5.91. The molecule has 1 aliphatic heterocycles. The molecule has 0 saturated carbocycles. The Bertz CT molecular complexity index is 718. The molecule has 3 rings (SSSR count). The number of piperazine rings is 1. The molecule has 1 fully saturated rings. The first-order valence-corrected chi connectivity index (χ1v) is 8.12. The molecule has 0 aliphatic carbocycles. The van der Waals surface area contributed by atoms with Crippen LogP contribution < -0.4 is 4.74 Å². The fourth-order valence-corrected chi connectivity index (χ4v) is 2.72. The van der Waals surface area contributed by atoms with E-state index in [2.05, 4.69) is 0 Å². The molecule has 1 unspecified atom stereocenters. The van der Waals surface area contributed by atoms with E-state index in [1.165, 1.54) is 18.4 Å². The Kier molecular flexibility index (Phi) is 4.92. The minimum Gasteiger partial charge on any atom is -0.508 e. The predicted molar refractivity (Wildman–Crippen MR) is 89.4 cm³/mol. The van der Waals surface area contributed by atoms with Gasteiger partial charge in [-0.1, -0.05) is 0 Å². The molecule has 1 N–H and O–H groups in total. The van der Waals surface area contributed by atoms with Crippen molar-refractivity contribution in [3.8, 4) is 11.5 Å². The second-order valence-corrected chi connectivity index (χ2v) is 5.85. The molecule has 7 nitrogen and oxygen atoms in total. The van der Waals surface area contributed by atoms with Gasteiger partial charge in [-0.3, -0.25) is 9.59 Å². The second-order valence-electron chi connectivity index (χ2n) is 5.85. The Morgan fingerprint density at radius 2 is 1.72 bits per heavy atom. The normalized spacial score (nSPS) is 15.7. The van der Waals surface area contributed by atoms with E-state index in [0.717, 1.165) is 0 Å². The van der Waals surface area contributed by atoms with Gasteiger partial charge in [-0.25, -0.2) is 0 Å². The van der Waals surface area contributed by atoms with E-state index >= 15 is 0 Å². The molecular formula is C18H20N2O5. The standard InChI is InChI=1S/C18H20N2O5/c1-13(25-15-6-4-14(21)5-7-15)17(22)19-8-10-20(11-9-19)18(23)16-3-2-12-24-16/h2-7,12-13,21H,8-11H2,1H3. The largest absolute Gasteiger partial charge is 0.508 e. The van der Waals surface area contributed by atoms with Crippen LogP contribution in [0.2, 0.25) is 0 Å². The van der Waals surface area contributed by atoms with Crippen LogP contribution in [-0.4, -0.2) is 59.0 Å². The first-order chi connectivity index (χ1) is 12.0. The molecule has 0 spiro atoms. The van der Waals surface area contributed by atoms with E-state index in [-0.39, 0.29) is 17.6 Å². The van der Waals surface area contributed by atoms with E-state index in [9.17, 15) is 14.7 Å². The maximum Gasteiger partial charge on any atom is 0.289 e. The van der Waals surface area contributed by atoms with E-state index in [0.29, 0.717) is 37.7 Å². The highest BCUT2D eigenvalue weighted by atomic mass is 16.5. The molecule has 7 heteroatoms. The number of benzene rings is 1. The second kappa shape index (κ2) is 7.29. The Morgan fingerprint density at radius 1 is 1.08 bits per heavy atom. The maximum atomic E-state index is 12.5. The Hall–Kier alpha value is -2.96. The number of aromatic hydroxyl groups is 1. The van der Waals surface area contributed by atoms with Gasteiger partial charge < -0.3 is 24.1 Å². The summed E-state index contributed by atoms with van der Waals surface area (Å²) < 4.78 is 10.7. The molecule has 0 radical (unpaired) electrons. The van der Waals surface area contributed by atoms with Crippen molar-refractivity contribution in [2.45, 2.75) is 13.0 Å². The van der Waals surface area contributed by atoms with E-state index in [4.69, 9.17) is 9.15 Å². The van der Waals surface area contributed by atoms with Gasteiger partial charge >= 0.3 is 0 Å². The fraction of sp³-hybridized carbons (Fsp3) is 0.333. The highest BCUT2D eigenvalue weighted by Crippen LogP contribution is 2.18. The van der Waals surface area contributed by atoms with Crippen molar-refractivity contribution in [2.75, 3.05) is 26.2 Å². The molecule has 2 heterocycles. The topological polar surface area (TPSA) is 83.2 Å². The minimum absolute atomic E-state index is 0.127. The first kappa shape index (κ1) is 16.9. The smallest absolute Gasteiger partial charge is 0.289 e. The lowest BCUT2D eigenvalue weighted by atomic mass is 10.2. The van der Waals surface area contributed by atoms with Crippen LogP contribution in [0.1, 0.15) is 17.5 Å². The number of hydrogen-bond donors (Lipinski definition) is 1. The molecule has 1 aromatic carbocycles. The Labute approximate surface area is 145 Å². The molecular weight excluding hydrogens is 324 g/mol. The minimum atomic E-state index is -0.642. The molecule has 132 valence electrons. The van der Waals surface area contributed by atoms with Gasteiger partial charge in [0.15, 0.2) is 11.9 Å². The number of amides is 2. The summed E-state index contributed by atoms with van der Waals surface area (Å²) in [6, 6.07) is 9.54. The average Bonchev–Trinajstić information content (AvgIpc) is 3.17.